The Morgan fingerprint density at radius 2 is 1.93 bits per heavy atom. The Morgan fingerprint density at radius 3 is 2.63 bits per heavy atom. The zero-order chi connectivity index (χ0) is 19.2. The van der Waals surface area contributed by atoms with Gasteiger partial charge in [-0.25, -0.2) is 22.1 Å². The number of hydrogen-bond acceptors (Lipinski definition) is 4. The van der Waals surface area contributed by atoms with Crippen molar-refractivity contribution in [2.75, 3.05) is 25.1 Å². The predicted molar refractivity (Wildman–Crippen MR) is 104 cm³/mol. The molecule has 0 aliphatic carbocycles. The average Bonchev–Trinajstić information content (AvgIpc) is 3.07. The molecule has 8 heteroatoms. The van der Waals surface area contributed by atoms with E-state index in [2.05, 4.69) is 9.97 Å². The van der Waals surface area contributed by atoms with Gasteiger partial charge in [0.25, 0.3) is 0 Å². The van der Waals surface area contributed by atoms with Crippen LogP contribution in [0.3, 0.4) is 0 Å². The summed E-state index contributed by atoms with van der Waals surface area (Å²) in [6, 6.07) is 8.31. The highest BCUT2D eigenvalue weighted by molar-refractivity contribution is 7.88. The molecule has 4 rings (SSSR count). The summed E-state index contributed by atoms with van der Waals surface area (Å²) in [6.07, 6.45) is 4.36. The molecule has 1 aliphatic rings. The molecule has 0 saturated carbocycles. The number of anilines is 1. The van der Waals surface area contributed by atoms with Gasteiger partial charge in [-0.3, -0.25) is 0 Å². The van der Waals surface area contributed by atoms with Gasteiger partial charge in [-0.2, -0.15) is 0 Å². The van der Waals surface area contributed by atoms with Gasteiger partial charge in [0.05, 0.1) is 6.26 Å². The molecule has 0 amide bonds. The van der Waals surface area contributed by atoms with Gasteiger partial charge in [-0.05, 0) is 48.7 Å². The highest BCUT2D eigenvalue weighted by Gasteiger charge is 2.27. The van der Waals surface area contributed by atoms with E-state index in [1.54, 1.807) is 18.3 Å². The highest BCUT2D eigenvalue weighted by atomic mass is 32.2. The molecule has 2 aromatic heterocycles. The first-order chi connectivity index (χ1) is 12.8. The number of hydrogen-bond donors (Lipinski definition) is 2. The molecule has 1 aromatic carbocycles. The molecule has 0 unspecified atom stereocenters. The third kappa shape index (κ3) is 3.42. The average molecular weight is 388 g/mol. The van der Waals surface area contributed by atoms with Gasteiger partial charge in [0.2, 0.25) is 10.0 Å². The number of nitrogens with one attached hydrogen (secondary N) is 1. The van der Waals surface area contributed by atoms with E-state index in [1.807, 2.05) is 6.07 Å². The van der Waals surface area contributed by atoms with Crippen molar-refractivity contribution in [1.82, 2.24) is 14.3 Å². The lowest BCUT2D eigenvalue weighted by Crippen LogP contribution is -2.37. The van der Waals surface area contributed by atoms with Crippen LogP contribution in [0.4, 0.5) is 10.1 Å². The number of aromatic nitrogens is 2. The third-order valence-corrected chi connectivity index (χ3v) is 6.50. The fourth-order valence-corrected chi connectivity index (χ4v) is 4.62. The van der Waals surface area contributed by atoms with E-state index in [0.717, 1.165) is 29.5 Å². The molecule has 3 aromatic rings. The Balaban J connectivity index is 1.69. The SMILES string of the molecule is CS(=O)(=O)N1CCC(c2cc3c(-c4cc(N)ccc4F)ccnc3[nH]2)CC1. The number of nitrogens with two attached hydrogens (primary N) is 1. The number of fused-ring (bicyclic) bond motifs is 1. The zero-order valence-electron chi connectivity index (χ0n) is 14.9. The van der Waals surface area contributed by atoms with Crippen LogP contribution in [0, 0.1) is 5.82 Å². The highest BCUT2D eigenvalue weighted by Crippen LogP contribution is 2.35. The van der Waals surface area contributed by atoms with Crippen molar-refractivity contribution < 1.29 is 12.8 Å². The van der Waals surface area contributed by atoms with Crippen molar-refractivity contribution in [2.24, 2.45) is 0 Å². The summed E-state index contributed by atoms with van der Waals surface area (Å²) in [5.74, 6) is -0.114. The maximum absolute atomic E-state index is 14.4. The molecule has 1 aliphatic heterocycles. The van der Waals surface area contributed by atoms with Gasteiger partial charge < -0.3 is 10.7 Å². The van der Waals surface area contributed by atoms with Crippen LogP contribution < -0.4 is 5.73 Å². The lowest BCUT2D eigenvalue weighted by atomic mass is 9.94. The van der Waals surface area contributed by atoms with Crippen molar-refractivity contribution in [1.29, 1.82) is 0 Å². The van der Waals surface area contributed by atoms with Gasteiger partial charge in [0, 0.05) is 47.5 Å². The molecule has 27 heavy (non-hydrogen) atoms. The predicted octanol–water partition coefficient (Wildman–Crippen LogP) is 3.09. The summed E-state index contributed by atoms with van der Waals surface area (Å²) in [5.41, 5.74) is 9.21. The maximum Gasteiger partial charge on any atom is 0.211 e. The van der Waals surface area contributed by atoms with Gasteiger partial charge in [-0.1, -0.05) is 0 Å². The number of benzene rings is 1. The Hall–Kier alpha value is -2.45. The first-order valence-electron chi connectivity index (χ1n) is 8.81. The normalized spacial score (nSPS) is 16.8. The summed E-state index contributed by atoms with van der Waals surface area (Å²) < 4.78 is 39.3. The molecule has 3 heterocycles. The molecule has 142 valence electrons. The molecule has 3 N–H and O–H groups in total. The molecule has 6 nitrogen and oxygen atoms in total. The number of nitrogen functional groups attached to an aromatic ring is 1. The Kier molecular flexibility index (Phi) is 4.39. The first-order valence-corrected chi connectivity index (χ1v) is 10.7. The first kappa shape index (κ1) is 17.9. The second-order valence-corrected chi connectivity index (χ2v) is 9.00. The summed E-state index contributed by atoms with van der Waals surface area (Å²) in [4.78, 5) is 7.70. The van der Waals surface area contributed by atoms with Crippen LogP contribution in [0.15, 0.2) is 36.5 Å². The van der Waals surface area contributed by atoms with Gasteiger partial charge in [0.1, 0.15) is 11.5 Å². The molecular formula is C19H21FN4O2S. The molecule has 0 spiro atoms. The minimum absolute atomic E-state index is 0.218. The van der Waals surface area contributed by atoms with Gasteiger partial charge in [-0.15, -0.1) is 0 Å². The van der Waals surface area contributed by atoms with Crippen LogP contribution in [-0.4, -0.2) is 42.0 Å². The van der Waals surface area contributed by atoms with Crippen LogP contribution in [0.2, 0.25) is 0 Å². The minimum Gasteiger partial charge on any atom is -0.399 e. The lowest BCUT2D eigenvalue weighted by molar-refractivity contribution is 0.319. The van der Waals surface area contributed by atoms with Crippen LogP contribution in [-0.2, 0) is 10.0 Å². The van der Waals surface area contributed by atoms with E-state index >= 15 is 0 Å². The molecule has 0 bridgehead atoms. The smallest absolute Gasteiger partial charge is 0.211 e. The number of nitrogens with zero attached hydrogens (tertiary/aromatic N) is 2. The molecule has 1 saturated heterocycles. The molecule has 0 atom stereocenters. The maximum atomic E-state index is 14.4. The third-order valence-electron chi connectivity index (χ3n) is 5.20. The molecule has 1 fully saturated rings. The van der Waals surface area contributed by atoms with E-state index in [1.165, 1.54) is 22.7 Å². The second-order valence-electron chi connectivity index (χ2n) is 7.02. The second kappa shape index (κ2) is 6.61. The van der Waals surface area contributed by atoms with E-state index in [0.29, 0.717) is 30.0 Å². The van der Waals surface area contributed by atoms with E-state index in [4.69, 9.17) is 5.73 Å². The quantitative estimate of drug-likeness (QED) is 0.675. The van der Waals surface area contributed by atoms with Crippen LogP contribution in [0.25, 0.3) is 22.2 Å². The largest absolute Gasteiger partial charge is 0.399 e. The van der Waals surface area contributed by atoms with Crippen LogP contribution >= 0.6 is 0 Å². The number of rotatable bonds is 3. The fourth-order valence-electron chi connectivity index (χ4n) is 3.75. The fraction of sp³-hybridized carbons (Fsp3) is 0.316. The summed E-state index contributed by atoms with van der Waals surface area (Å²) in [6.45, 7) is 1.01. The van der Waals surface area contributed by atoms with E-state index < -0.39 is 10.0 Å². The van der Waals surface area contributed by atoms with Crippen LogP contribution in [0.5, 0.6) is 0 Å². The van der Waals surface area contributed by atoms with Crippen molar-refractivity contribution in [3.63, 3.8) is 0 Å². The number of sulfonamides is 1. The number of piperidine rings is 1. The monoisotopic (exact) mass is 388 g/mol. The summed E-state index contributed by atoms with van der Waals surface area (Å²) in [7, 11) is -3.15. The zero-order valence-corrected chi connectivity index (χ0v) is 15.8. The minimum atomic E-state index is -3.15. The number of halogens is 1. The van der Waals surface area contributed by atoms with Gasteiger partial charge >= 0.3 is 0 Å². The summed E-state index contributed by atoms with van der Waals surface area (Å²) >= 11 is 0. The molecular weight excluding hydrogens is 367 g/mol. The Morgan fingerprint density at radius 1 is 1.19 bits per heavy atom. The number of pyridine rings is 1. The van der Waals surface area contributed by atoms with Crippen molar-refractivity contribution in [3.8, 4) is 11.1 Å². The standard InChI is InChI=1S/C19H21FN4O2S/c1-27(25,26)24-8-5-12(6-9-24)18-11-16-14(4-7-22-19(16)23-18)15-10-13(21)2-3-17(15)20/h2-4,7,10-12H,5-6,8-9,21H2,1H3,(H,22,23). The Bertz CT molecular complexity index is 1100. The van der Waals surface area contributed by atoms with E-state index in [-0.39, 0.29) is 11.7 Å². The lowest BCUT2D eigenvalue weighted by Gasteiger charge is -2.29. The van der Waals surface area contributed by atoms with Crippen molar-refractivity contribution >= 4 is 26.7 Å². The molecule has 0 radical (unpaired) electrons. The van der Waals surface area contributed by atoms with Crippen molar-refractivity contribution in [2.45, 2.75) is 18.8 Å². The Labute approximate surface area is 157 Å². The topological polar surface area (TPSA) is 92.1 Å². The number of aromatic amines is 1. The summed E-state index contributed by atoms with van der Waals surface area (Å²) in [5, 5.41) is 0.836. The number of H-pyrrole nitrogens is 1. The van der Waals surface area contributed by atoms with Crippen molar-refractivity contribution in [3.05, 3.63) is 48.0 Å². The van der Waals surface area contributed by atoms with E-state index in [9.17, 15) is 12.8 Å². The van der Waals surface area contributed by atoms with Crippen LogP contribution in [0.1, 0.15) is 24.5 Å². The van der Waals surface area contributed by atoms with Gasteiger partial charge in [0.15, 0.2) is 0 Å².